The van der Waals surface area contributed by atoms with Crippen molar-refractivity contribution in [3.05, 3.63) is 18.2 Å². The molecular formula is C17H26N2O4S. The Kier molecular flexibility index (Phi) is 5.32. The van der Waals surface area contributed by atoms with E-state index in [2.05, 4.69) is 5.32 Å². The highest BCUT2D eigenvalue weighted by molar-refractivity contribution is 7.89. The van der Waals surface area contributed by atoms with E-state index in [-0.39, 0.29) is 4.90 Å². The fraction of sp³-hybridized carbons (Fsp3) is 0.647. The summed E-state index contributed by atoms with van der Waals surface area (Å²) in [6, 6.07) is 5.20. The molecule has 1 saturated heterocycles. The van der Waals surface area contributed by atoms with Gasteiger partial charge in [0.1, 0.15) is 11.5 Å². The Morgan fingerprint density at radius 1 is 1.04 bits per heavy atom. The molecule has 1 saturated carbocycles. The molecule has 6 nitrogen and oxygen atoms in total. The minimum absolute atomic E-state index is 0.225. The minimum Gasteiger partial charge on any atom is -0.497 e. The highest BCUT2D eigenvalue weighted by Crippen LogP contribution is 2.30. The van der Waals surface area contributed by atoms with E-state index in [1.54, 1.807) is 22.5 Å². The molecule has 0 unspecified atom stereocenters. The highest BCUT2D eigenvalue weighted by atomic mass is 32.2. The van der Waals surface area contributed by atoms with Crippen LogP contribution in [0.2, 0.25) is 0 Å². The Bertz CT molecular complexity index is 643. The SMILES string of the molecule is COc1cc(OC)cc(S(=O)(=O)N2CCC(NCC3CC3)CC2)c1. The van der Waals surface area contributed by atoms with Crippen LogP contribution in [0.5, 0.6) is 11.5 Å². The van der Waals surface area contributed by atoms with E-state index in [0.29, 0.717) is 30.6 Å². The van der Waals surface area contributed by atoms with E-state index < -0.39 is 10.0 Å². The molecule has 1 heterocycles. The Labute approximate surface area is 144 Å². The largest absolute Gasteiger partial charge is 0.497 e. The zero-order chi connectivity index (χ0) is 17.2. The monoisotopic (exact) mass is 354 g/mol. The van der Waals surface area contributed by atoms with Crippen LogP contribution in [-0.4, -0.2) is 52.6 Å². The molecule has 24 heavy (non-hydrogen) atoms. The number of sulfonamides is 1. The van der Waals surface area contributed by atoms with Gasteiger partial charge in [0.25, 0.3) is 0 Å². The molecule has 1 aromatic rings. The number of nitrogens with zero attached hydrogens (tertiary/aromatic N) is 1. The van der Waals surface area contributed by atoms with E-state index >= 15 is 0 Å². The summed E-state index contributed by atoms with van der Waals surface area (Å²) in [6.07, 6.45) is 4.37. The first-order valence-corrected chi connectivity index (χ1v) is 9.93. The van der Waals surface area contributed by atoms with Gasteiger partial charge in [-0.05, 0) is 38.1 Å². The highest BCUT2D eigenvalue weighted by Gasteiger charge is 2.31. The standard InChI is InChI=1S/C17H26N2O4S/c1-22-15-9-16(23-2)11-17(10-15)24(20,21)19-7-5-14(6-8-19)18-12-13-3-4-13/h9-11,13-14,18H,3-8,12H2,1-2H3. The van der Waals surface area contributed by atoms with Crippen LogP contribution in [0.4, 0.5) is 0 Å². The van der Waals surface area contributed by atoms with E-state index in [1.807, 2.05) is 0 Å². The summed E-state index contributed by atoms with van der Waals surface area (Å²) in [5.74, 6) is 1.80. The molecule has 2 aliphatic rings. The second-order valence-corrected chi connectivity index (χ2v) is 8.52. The van der Waals surface area contributed by atoms with Gasteiger partial charge < -0.3 is 14.8 Å². The van der Waals surface area contributed by atoms with E-state index in [4.69, 9.17) is 9.47 Å². The smallest absolute Gasteiger partial charge is 0.243 e. The van der Waals surface area contributed by atoms with Gasteiger partial charge in [-0.2, -0.15) is 4.31 Å². The first-order valence-electron chi connectivity index (χ1n) is 8.49. The van der Waals surface area contributed by atoms with Crippen molar-refractivity contribution in [2.24, 2.45) is 5.92 Å². The number of methoxy groups -OCH3 is 2. The lowest BCUT2D eigenvalue weighted by Crippen LogP contribution is -2.45. The minimum atomic E-state index is -3.52. The average Bonchev–Trinajstić information content (AvgIpc) is 3.44. The molecule has 0 bridgehead atoms. The fourth-order valence-corrected chi connectivity index (χ4v) is 4.55. The summed E-state index contributed by atoms with van der Waals surface area (Å²) in [5.41, 5.74) is 0. The Morgan fingerprint density at radius 3 is 2.12 bits per heavy atom. The molecule has 1 N–H and O–H groups in total. The maximum absolute atomic E-state index is 12.9. The van der Waals surface area contributed by atoms with Crippen LogP contribution in [0.3, 0.4) is 0 Å². The molecule has 0 spiro atoms. The van der Waals surface area contributed by atoms with Crippen LogP contribution in [-0.2, 0) is 10.0 Å². The van der Waals surface area contributed by atoms with Crippen LogP contribution in [0.15, 0.2) is 23.1 Å². The van der Waals surface area contributed by atoms with Gasteiger partial charge >= 0.3 is 0 Å². The third kappa shape index (κ3) is 4.02. The molecule has 1 aliphatic carbocycles. The Morgan fingerprint density at radius 2 is 1.62 bits per heavy atom. The zero-order valence-electron chi connectivity index (χ0n) is 14.3. The van der Waals surface area contributed by atoms with Crippen molar-refractivity contribution in [3.63, 3.8) is 0 Å². The lowest BCUT2D eigenvalue weighted by molar-refractivity contribution is 0.287. The van der Waals surface area contributed by atoms with Gasteiger partial charge in [-0.15, -0.1) is 0 Å². The van der Waals surface area contributed by atoms with Crippen molar-refractivity contribution >= 4 is 10.0 Å². The second-order valence-electron chi connectivity index (χ2n) is 6.58. The molecule has 134 valence electrons. The number of hydrogen-bond acceptors (Lipinski definition) is 5. The summed E-state index contributed by atoms with van der Waals surface area (Å²) in [6.45, 7) is 2.17. The molecule has 0 atom stereocenters. The first-order chi connectivity index (χ1) is 11.5. The molecule has 1 aromatic carbocycles. The van der Waals surface area contributed by atoms with Crippen molar-refractivity contribution in [2.45, 2.75) is 36.6 Å². The van der Waals surface area contributed by atoms with Crippen LogP contribution in [0.25, 0.3) is 0 Å². The van der Waals surface area contributed by atoms with E-state index in [1.165, 1.54) is 27.1 Å². The number of piperidine rings is 1. The van der Waals surface area contributed by atoms with Crippen LogP contribution in [0, 0.1) is 5.92 Å². The predicted molar refractivity (Wildman–Crippen MR) is 92.1 cm³/mol. The lowest BCUT2D eigenvalue weighted by atomic mass is 10.1. The van der Waals surface area contributed by atoms with Crippen molar-refractivity contribution in [1.29, 1.82) is 0 Å². The predicted octanol–water partition coefficient (Wildman–Crippen LogP) is 1.86. The van der Waals surface area contributed by atoms with Gasteiger partial charge in [0, 0.05) is 37.3 Å². The average molecular weight is 354 g/mol. The molecule has 7 heteroatoms. The number of hydrogen-bond donors (Lipinski definition) is 1. The second kappa shape index (κ2) is 7.29. The third-order valence-electron chi connectivity index (χ3n) is 4.81. The summed E-state index contributed by atoms with van der Waals surface area (Å²) in [5, 5.41) is 3.57. The summed E-state index contributed by atoms with van der Waals surface area (Å²) >= 11 is 0. The summed E-state index contributed by atoms with van der Waals surface area (Å²) in [4.78, 5) is 0.225. The molecule has 0 aromatic heterocycles. The first kappa shape index (κ1) is 17.5. The zero-order valence-corrected chi connectivity index (χ0v) is 15.1. The summed E-state index contributed by atoms with van der Waals surface area (Å²) < 4.78 is 37.7. The molecule has 0 radical (unpaired) electrons. The fourth-order valence-electron chi connectivity index (χ4n) is 3.03. The number of ether oxygens (including phenoxy) is 2. The Balaban J connectivity index is 1.67. The van der Waals surface area contributed by atoms with E-state index in [9.17, 15) is 8.42 Å². The molecular weight excluding hydrogens is 328 g/mol. The van der Waals surface area contributed by atoms with Gasteiger partial charge in [-0.1, -0.05) is 0 Å². The Hall–Kier alpha value is -1.31. The maximum atomic E-state index is 12.9. The molecule has 2 fully saturated rings. The van der Waals surface area contributed by atoms with Crippen LogP contribution in [0.1, 0.15) is 25.7 Å². The molecule has 1 aliphatic heterocycles. The van der Waals surface area contributed by atoms with Gasteiger partial charge in [0.15, 0.2) is 0 Å². The molecule has 0 amide bonds. The normalized spacial score (nSPS) is 20.1. The van der Waals surface area contributed by atoms with Crippen LogP contribution >= 0.6 is 0 Å². The van der Waals surface area contributed by atoms with Crippen molar-refractivity contribution in [2.75, 3.05) is 33.9 Å². The molecule has 3 rings (SSSR count). The topological polar surface area (TPSA) is 67.9 Å². The van der Waals surface area contributed by atoms with Gasteiger partial charge in [0.2, 0.25) is 10.0 Å². The number of benzene rings is 1. The van der Waals surface area contributed by atoms with Crippen LogP contribution < -0.4 is 14.8 Å². The number of nitrogens with one attached hydrogen (secondary N) is 1. The van der Waals surface area contributed by atoms with E-state index in [0.717, 1.165) is 25.3 Å². The maximum Gasteiger partial charge on any atom is 0.243 e. The van der Waals surface area contributed by atoms with Gasteiger partial charge in [0.05, 0.1) is 19.1 Å². The van der Waals surface area contributed by atoms with Crippen molar-refractivity contribution in [3.8, 4) is 11.5 Å². The quantitative estimate of drug-likeness (QED) is 0.809. The number of rotatable bonds is 7. The van der Waals surface area contributed by atoms with Crippen molar-refractivity contribution in [1.82, 2.24) is 9.62 Å². The lowest BCUT2D eigenvalue weighted by Gasteiger charge is -2.32. The van der Waals surface area contributed by atoms with Crippen molar-refractivity contribution < 1.29 is 17.9 Å². The van der Waals surface area contributed by atoms with Gasteiger partial charge in [-0.25, -0.2) is 8.42 Å². The van der Waals surface area contributed by atoms with Gasteiger partial charge in [-0.3, -0.25) is 0 Å². The third-order valence-corrected chi connectivity index (χ3v) is 6.69. The summed E-state index contributed by atoms with van der Waals surface area (Å²) in [7, 11) is -0.492.